The van der Waals surface area contributed by atoms with Gasteiger partial charge in [-0.3, -0.25) is 29.3 Å². The number of hydrogen-bond donors (Lipinski definition) is 4. The normalized spacial score (nSPS) is 19.5. The summed E-state index contributed by atoms with van der Waals surface area (Å²) in [6.07, 6.45) is 9.95. The summed E-state index contributed by atoms with van der Waals surface area (Å²) in [6, 6.07) is 6.55. The molecule has 61 heavy (non-hydrogen) atoms. The van der Waals surface area contributed by atoms with Crippen LogP contribution in [0, 0.1) is 11.6 Å². The molecule has 18 heteroatoms. The first-order valence-corrected chi connectivity index (χ1v) is 22.5. The number of amides is 4. The van der Waals surface area contributed by atoms with Crippen molar-refractivity contribution in [1.82, 2.24) is 30.4 Å². The first kappa shape index (κ1) is 41.6. The quantitative estimate of drug-likeness (QED) is 0.138. The summed E-state index contributed by atoms with van der Waals surface area (Å²) in [6.45, 7) is 1.59. The number of nitrogens with zero attached hydrogens (tertiary/aromatic N) is 4. The predicted octanol–water partition coefficient (Wildman–Crippen LogP) is 3.29. The van der Waals surface area contributed by atoms with Crippen LogP contribution >= 0.6 is 0 Å². The van der Waals surface area contributed by atoms with Gasteiger partial charge in [0.25, 0.3) is 17.4 Å². The Labute approximate surface area is 350 Å². The number of halogens is 2. The van der Waals surface area contributed by atoms with Crippen LogP contribution in [-0.2, 0) is 37.8 Å². The molecule has 0 spiro atoms. The zero-order valence-electron chi connectivity index (χ0n) is 33.8. The molecule has 4 N–H and O–H groups in total. The lowest BCUT2D eigenvalue weighted by atomic mass is 9.89. The number of unbranched alkanes of at least 4 members (excludes halogenated alkanes) is 4. The van der Waals surface area contributed by atoms with Gasteiger partial charge in [0.1, 0.15) is 11.9 Å². The van der Waals surface area contributed by atoms with Crippen molar-refractivity contribution in [3.8, 4) is 0 Å². The summed E-state index contributed by atoms with van der Waals surface area (Å²) in [5.74, 6) is -4.03. The topological polar surface area (TPSA) is 192 Å². The monoisotopic (exact) mass is 856 g/mol. The van der Waals surface area contributed by atoms with Crippen molar-refractivity contribution < 1.29 is 36.4 Å². The minimum Gasteiger partial charge on any atom is -0.385 e. The molecule has 1 saturated heterocycles. The molecule has 1 fully saturated rings. The number of benzene rings is 1. The highest BCUT2D eigenvalue weighted by atomic mass is 32.2. The van der Waals surface area contributed by atoms with Gasteiger partial charge in [0, 0.05) is 92.3 Å². The molecule has 4 aliphatic heterocycles. The van der Waals surface area contributed by atoms with E-state index < -0.39 is 56.7 Å². The van der Waals surface area contributed by atoms with Crippen LogP contribution in [-0.4, -0.2) is 90.2 Å². The fourth-order valence-electron chi connectivity index (χ4n) is 9.00. The molecule has 2 aromatic heterocycles. The van der Waals surface area contributed by atoms with Crippen molar-refractivity contribution in [2.24, 2.45) is 7.05 Å². The van der Waals surface area contributed by atoms with Gasteiger partial charge >= 0.3 is 0 Å². The van der Waals surface area contributed by atoms with Gasteiger partial charge in [-0.2, -0.15) is 0 Å². The highest BCUT2D eigenvalue weighted by Crippen LogP contribution is 2.47. The third kappa shape index (κ3) is 8.07. The average Bonchev–Trinajstić information content (AvgIpc) is 3.72. The SMILES string of the molecule is Cn1ccc2c(c1=O)C1=C3C(=CN(c4ncc(F)cc4F)C3CCN1)C(C(=O)NCCCCCCCNc1cccc3c1CN(C1CCC(=O)NC1=O)C3=O)=C2CS(C)(=O)=O. The third-order valence-electron chi connectivity index (χ3n) is 11.8. The lowest BCUT2D eigenvalue weighted by Gasteiger charge is -2.32. The van der Waals surface area contributed by atoms with E-state index in [0.29, 0.717) is 60.3 Å². The zero-order valence-corrected chi connectivity index (χ0v) is 34.6. The molecule has 8 rings (SSSR count). The van der Waals surface area contributed by atoms with Gasteiger partial charge in [-0.15, -0.1) is 0 Å². The van der Waals surface area contributed by atoms with E-state index in [4.69, 9.17) is 0 Å². The number of carbonyl (C=O) groups is 4. The molecule has 0 radical (unpaired) electrons. The second-order valence-corrected chi connectivity index (χ2v) is 18.2. The van der Waals surface area contributed by atoms with E-state index >= 15 is 4.39 Å². The molecule has 1 aliphatic carbocycles. The number of pyridine rings is 2. The number of aromatic nitrogens is 2. The Morgan fingerprint density at radius 2 is 1.75 bits per heavy atom. The molecule has 6 heterocycles. The smallest absolute Gasteiger partial charge is 0.260 e. The fourth-order valence-corrected chi connectivity index (χ4v) is 9.82. The highest BCUT2D eigenvalue weighted by Gasteiger charge is 2.44. The zero-order chi connectivity index (χ0) is 43.2. The van der Waals surface area contributed by atoms with Crippen LogP contribution in [0.3, 0.4) is 0 Å². The van der Waals surface area contributed by atoms with E-state index in [2.05, 4.69) is 26.3 Å². The van der Waals surface area contributed by atoms with Crippen molar-refractivity contribution in [3.05, 3.63) is 110 Å². The van der Waals surface area contributed by atoms with Crippen LogP contribution in [0.4, 0.5) is 20.3 Å². The minimum atomic E-state index is -3.76. The molecular formula is C43H46F2N8O7S. The number of imide groups is 1. The molecule has 320 valence electrons. The van der Waals surface area contributed by atoms with E-state index in [1.807, 2.05) is 6.07 Å². The third-order valence-corrected chi connectivity index (χ3v) is 12.6. The lowest BCUT2D eigenvalue weighted by Crippen LogP contribution is -2.52. The lowest BCUT2D eigenvalue weighted by molar-refractivity contribution is -0.137. The molecule has 2 unspecified atom stereocenters. The second-order valence-electron chi connectivity index (χ2n) is 16.1. The fraction of sp³-hybridized carbons (Fsp3) is 0.395. The minimum absolute atomic E-state index is 0.0593. The highest BCUT2D eigenvalue weighted by molar-refractivity contribution is 7.91. The van der Waals surface area contributed by atoms with Gasteiger partial charge in [-0.1, -0.05) is 25.3 Å². The maximum absolute atomic E-state index is 15.3. The van der Waals surface area contributed by atoms with Crippen molar-refractivity contribution >= 4 is 56.2 Å². The first-order chi connectivity index (χ1) is 29.2. The molecule has 0 bridgehead atoms. The number of nitrogens with one attached hydrogen (secondary N) is 4. The Morgan fingerprint density at radius 3 is 2.51 bits per heavy atom. The number of sulfone groups is 1. The van der Waals surface area contributed by atoms with E-state index in [1.165, 1.54) is 20.6 Å². The summed E-state index contributed by atoms with van der Waals surface area (Å²) in [4.78, 5) is 72.7. The largest absolute Gasteiger partial charge is 0.385 e. The Bertz CT molecular complexity index is 2640. The van der Waals surface area contributed by atoms with Crippen LogP contribution < -0.4 is 31.7 Å². The van der Waals surface area contributed by atoms with Crippen molar-refractivity contribution in [2.75, 3.05) is 41.9 Å². The van der Waals surface area contributed by atoms with Gasteiger partial charge in [-0.25, -0.2) is 22.2 Å². The number of piperidine rings is 1. The van der Waals surface area contributed by atoms with E-state index in [9.17, 15) is 36.8 Å². The Kier molecular flexibility index (Phi) is 11.4. The molecule has 15 nitrogen and oxygen atoms in total. The number of anilines is 2. The standard InChI is InChI=1S/C43H46F2N8O7S/c1-51-18-14-25-29(23-61(2,59)60)35(28-22-52(39-30(45)19-24(44)20-49-39)32-13-17-47-38(36(28)32)37(25)43(51)58)41(56)48-16-7-5-3-4-6-15-46-31-10-8-9-26-27(31)21-53(42(26)57)33-11-12-34(54)50-40(33)55/h8-10,14,18-20,22,32-33,46-47H,3-7,11-13,15-17,21,23H2,1-2H3,(H,48,56)(H,50,54,55). The average molecular weight is 857 g/mol. The van der Waals surface area contributed by atoms with Crippen molar-refractivity contribution in [1.29, 1.82) is 0 Å². The van der Waals surface area contributed by atoms with E-state index in [1.54, 1.807) is 31.4 Å². The van der Waals surface area contributed by atoms with Crippen LogP contribution in [0.15, 0.2) is 70.4 Å². The van der Waals surface area contributed by atoms with Crippen molar-refractivity contribution in [2.45, 2.75) is 70.0 Å². The van der Waals surface area contributed by atoms with Crippen LogP contribution in [0.1, 0.15) is 78.4 Å². The number of hydrogen-bond acceptors (Lipinski definition) is 11. The molecule has 4 amide bonds. The van der Waals surface area contributed by atoms with Crippen LogP contribution in [0.5, 0.6) is 0 Å². The molecule has 0 saturated carbocycles. The van der Waals surface area contributed by atoms with Gasteiger partial charge in [-0.05, 0) is 55.0 Å². The first-order valence-electron chi connectivity index (χ1n) is 20.4. The van der Waals surface area contributed by atoms with Crippen LogP contribution in [0.2, 0.25) is 0 Å². The Balaban J connectivity index is 0.939. The summed E-state index contributed by atoms with van der Waals surface area (Å²) < 4.78 is 56.7. The van der Waals surface area contributed by atoms with E-state index in [-0.39, 0.29) is 53.9 Å². The summed E-state index contributed by atoms with van der Waals surface area (Å²) in [5, 5.41) is 12.1. The van der Waals surface area contributed by atoms with Gasteiger partial charge in [0.15, 0.2) is 21.5 Å². The van der Waals surface area contributed by atoms with Crippen molar-refractivity contribution in [3.63, 3.8) is 0 Å². The predicted molar refractivity (Wildman–Crippen MR) is 223 cm³/mol. The summed E-state index contributed by atoms with van der Waals surface area (Å²) in [7, 11) is -2.18. The molecule has 2 atom stereocenters. The van der Waals surface area contributed by atoms with Gasteiger partial charge < -0.3 is 30.3 Å². The van der Waals surface area contributed by atoms with Gasteiger partial charge in [0.05, 0.1) is 34.8 Å². The summed E-state index contributed by atoms with van der Waals surface area (Å²) in [5.41, 5.74) is 3.80. The maximum atomic E-state index is 15.3. The second kappa shape index (κ2) is 16.7. The number of carbonyl (C=O) groups excluding carboxylic acids is 4. The Morgan fingerprint density at radius 1 is 0.984 bits per heavy atom. The molecule has 1 aromatic carbocycles. The number of rotatable bonds is 14. The number of aryl methyl sites for hydroxylation is 1. The molecule has 3 aromatic rings. The maximum Gasteiger partial charge on any atom is 0.260 e. The van der Waals surface area contributed by atoms with Crippen LogP contribution in [0.25, 0.3) is 11.3 Å². The van der Waals surface area contributed by atoms with Gasteiger partial charge in [0.2, 0.25) is 11.8 Å². The molecule has 5 aliphatic rings. The summed E-state index contributed by atoms with van der Waals surface area (Å²) >= 11 is 0. The van der Waals surface area contributed by atoms with E-state index in [0.717, 1.165) is 55.5 Å². The Hall–Kier alpha value is -6.17. The molecular weight excluding hydrogens is 811 g/mol. The number of fused-ring (bicyclic) bond motifs is 3.